The van der Waals surface area contributed by atoms with Crippen LogP contribution in [-0.2, 0) is 0 Å². The first-order valence-corrected chi connectivity index (χ1v) is 6.93. The van der Waals surface area contributed by atoms with Gasteiger partial charge in [-0.25, -0.2) is 4.79 Å². The Labute approximate surface area is 109 Å². The molecule has 0 saturated carbocycles. The van der Waals surface area contributed by atoms with Gasteiger partial charge < -0.3 is 10.2 Å². The molecule has 1 saturated heterocycles. The molecule has 2 unspecified atom stereocenters. The van der Waals surface area contributed by atoms with E-state index >= 15 is 0 Å². The molecule has 2 atom stereocenters. The van der Waals surface area contributed by atoms with Crippen molar-refractivity contribution in [3.8, 4) is 0 Å². The summed E-state index contributed by atoms with van der Waals surface area (Å²) in [7, 11) is 2.13. The molecule has 4 nitrogen and oxygen atoms in total. The van der Waals surface area contributed by atoms with Crippen LogP contribution < -0.4 is 10.7 Å². The van der Waals surface area contributed by atoms with Crippen LogP contribution in [0.15, 0.2) is 27.4 Å². The fourth-order valence-electron chi connectivity index (χ4n) is 2.76. The zero-order chi connectivity index (χ0) is 12.7. The maximum absolute atomic E-state index is 11.2. The molecule has 5 heteroatoms. The Bertz CT molecular complexity index is 619. The zero-order valence-electron chi connectivity index (χ0n) is 10.3. The van der Waals surface area contributed by atoms with Gasteiger partial charge in [0, 0.05) is 12.6 Å². The summed E-state index contributed by atoms with van der Waals surface area (Å²) in [4.78, 5) is 13.3. The van der Waals surface area contributed by atoms with Crippen molar-refractivity contribution in [3.05, 3.63) is 33.5 Å². The maximum Gasteiger partial charge on any atom is 0.396 e. The summed E-state index contributed by atoms with van der Waals surface area (Å²) in [6.07, 6.45) is 1.09. The van der Waals surface area contributed by atoms with Crippen LogP contribution in [0, 0.1) is 5.92 Å². The predicted molar refractivity (Wildman–Crippen MR) is 72.9 cm³/mol. The summed E-state index contributed by atoms with van der Waals surface area (Å²) < 4.78 is 6.02. The fraction of sp³-hybridized carbons (Fsp3) is 0.462. The van der Waals surface area contributed by atoms with Crippen molar-refractivity contribution in [3.63, 3.8) is 0 Å². The lowest BCUT2D eigenvalue weighted by atomic mass is 10.00. The molecule has 0 amide bonds. The van der Waals surface area contributed by atoms with Crippen LogP contribution >= 0.6 is 11.3 Å². The van der Waals surface area contributed by atoms with Crippen molar-refractivity contribution in [2.45, 2.75) is 12.5 Å². The second kappa shape index (κ2) is 4.50. The van der Waals surface area contributed by atoms with E-state index in [-0.39, 0.29) is 4.94 Å². The molecule has 0 bridgehead atoms. The number of nitrogens with zero attached hydrogens (tertiary/aromatic N) is 1. The average Bonchev–Trinajstić information content (AvgIpc) is 2.89. The minimum atomic E-state index is -0.234. The van der Waals surface area contributed by atoms with Gasteiger partial charge in [-0.05, 0) is 43.6 Å². The van der Waals surface area contributed by atoms with E-state index in [1.807, 2.05) is 6.07 Å². The summed E-state index contributed by atoms with van der Waals surface area (Å²) in [5, 5.41) is 0. The average molecular weight is 264 g/mol. The summed E-state index contributed by atoms with van der Waals surface area (Å²) in [5.74, 6) is 0.568. The predicted octanol–water partition coefficient (Wildman–Crippen LogP) is 1.81. The Morgan fingerprint density at radius 3 is 3.11 bits per heavy atom. The Morgan fingerprint density at radius 2 is 2.39 bits per heavy atom. The third kappa shape index (κ3) is 1.98. The Kier molecular flexibility index (Phi) is 2.97. The number of likely N-dealkylation sites (tertiary alicyclic amines) is 1. The minimum Gasteiger partial charge on any atom is -0.414 e. The molecule has 1 aliphatic rings. The van der Waals surface area contributed by atoms with E-state index in [1.54, 1.807) is 0 Å². The van der Waals surface area contributed by atoms with Crippen molar-refractivity contribution in [2.24, 2.45) is 11.7 Å². The monoisotopic (exact) mass is 264 g/mol. The standard InChI is InChI=1S/C13H16N2O2S/c1-15-7-8(6-14)4-10(15)9-2-3-11-12(5-9)18-13(16)17-11/h2-3,5,8,10H,4,6-7,14H2,1H3. The van der Waals surface area contributed by atoms with E-state index < -0.39 is 0 Å². The molecule has 2 N–H and O–H groups in total. The van der Waals surface area contributed by atoms with E-state index in [1.165, 1.54) is 16.9 Å². The quantitative estimate of drug-likeness (QED) is 0.898. The summed E-state index contributed by atoms with van der Waals surface area (Å²) >= 11 is 1.17. The number of rotatable bonds is 2. The van der Waals surface area contributed by atoms with Crippen LogP contribution in [0.25, 0.3) is 10.3 Å². The third-order valence-corrected chi connectivity index (χ3v) is 4.50. The lowest BCUT2D eigenvalue weighted by molar-refractivity contribution is 0.314. The Hall–Kier alpha value is -1.17. The van der Waals surface area contributed by atoms with Crippen LogP contribution in [0.4, 0.5) is 0 Å². The molecule has 96 valence electrons. The number of fused-ring (bicyclic) bond motifs is 1. The van der Waals surface area contributed by atoms with Gasteiger partial charge in [0.25, 0.3) is 0 Å². The van der Waals surface area contributed by atoms with Crippen molar-refractivity contribution in [1.82, 2.24) is 4.90 Å². The largest absolute Gasteiger partial charge is 0.414 e. The van der Waals surface area contributed by atoms with Gasteiger partial charge in [-0.2, -0.15) is 0 Å². The van der Waals surface area contributed by atoms with Crippen LogP contribution in [0.2, 0.25) is 0 Å². The molecule has 1 aromatic carbocycles. The van der Waals surface area contributed by atoms with Crippen molar-refractivity contribution < 1.29 is 4.42 Å². The second-order valence-corrected chi connectivity index (χ2v) is 5.93. The van der Waals surface area contributed by atoms with E-state index in [0.717, 1.165) is 24.2 Å². The minimum absolute atomic E-state index is 0.234. The normalized spacial score (nSPS) is 25.0. The van der Waals surface area contributed by atoms with Gasteiger partial charge in [-0.1, -0.05) is 17.4 Å². The molecular formula is C13H16N2O2S. The van der Waals surface area contributed by atoms with Crippen LogP contribution in [0.3, 0.4) is 0 Å². The highest BCUT2D eigenvalue weighted by Crippen LogP contribution is 2.35. The number of nitrogens with two attached hydrogens (primary N) is 1. The molecule has 0 radical (unpaired) electrons. The SMILES string of the molecule is CN1CC(CN)CC1c1ccc2oc(=O)sc2c1. The number of benzene rings is 1. The molecule has 1 aromatic heterocycles. The van der Waals surface area contributed by atoms with Gasteiger partial charge >= 0.3 is 4.94 Å². The third-order valence-electron chi connectivity index (χ3n) is 3.71. The molecule has 3 rings (SSSR count). The van der Waals surface area contributed by atoms with Crippen LogP contribution in [0.1, 0.15) is 18.0 Å². The van der Waals surface area contributed by atoms with Gasteiger partial charge in [-0.3, -0.25) is 4.90 Å². The zero-order valence-corrected chi connectivity index (χ0v) is 11.1. The smallest absolute Gasteiger partial charge is 0.396 e. The number of hydrogen-bond donors (Lipinski definition) is 1. The van der Waals surface area contributed by atoms with Gasteiger partial charge in [-0.15, -0.1) is 0 Å². The highest BCUT2D eigenvalue weighted by Gasteiger charge is 2.29. The van der Waals surface area contributed by atoms with E-state index in [0.29, 0.717) is 17.5 Å². The summed E-state index contributed by atoms with van der Waals surface area (Å²) in [5.41, 5.74) is 7.68. The molecule has 1 aliphatic heterocycles. The first kappa shape index (κ1) is 11.9. The van der Waals surface area contributed by atoms with Gasteiger partial charge in [0.05, 0.1) is 4.70 Å². The van der Waals surface area contributed by atoms with Crippen molar-refractivity contribution in [2.75, 3.05) is 20.1 Å². The summed E-state index contributed by atoms with van der Waals surface area (Å²) in [6.45, 7) is 1.78. The van der Waals surface area contributed by atoms with Crippen LogP contribution in [0.5, 0.6) is 0 Å². The Morgan fingerprint density at radius 1 is 1.56 bits per heavy atom. The highest BCUT2D eigenvalue weighted by atomic mass is 32.1. The molecule has 1 fully saturated rings. The molecule has 2 heterocycles. The van der Waals surface area contributed by atoms with E-state index in [2.05, 4.69) is 24.1 Å². The van der Waals surface area contributed by atoms with Crippen molar-refractivity contribution >= 4 is 21.6 Å². The first-order chi connectivity index (χ1) is 8.67. The van der Waals surface area contributed by atoms with Gasteiger partial charge in [0.15, 0.2) is 0 Å². The van der Waals surface area contributed by atoms with Crippen LogP contribution in [-0.4, -0.2) is 25.0 Å². The lowest BCUT2D eigenvalue weighted by Crippen LogP contribution is -2.20. The molecule has 2 aromatic rings. The maximum atomic E-state index is 11.2. The van der Waals surface area contributed by atoms with Gasteiger partial charge in [0.1, 0.15) is 5.58 Å². The molecular weight excluding hydrogens is 248 g/mol. The number of hydrogen-bond acceptors (Lipinski definition) is 5. The topological polar surface area (TPSA) is 59.5 Å². The first-order valence-electron chi connectivity index (χ1n) is 6.11. The second-order valence-electron chi connectivity index (χ2n) is 4.95. The molecule has 0 aliphatic carbocycles. The lowest BCUT2D eigenvalue weighted by Gasteiger charge is -2.19. The highest BCUT2D eigenvalue weighted by molar-refractivity contribution is 7.16. The molecule has 18 heavy (non-hydrogen) atoms. The van der Waals surface area contributed by atoms with Crippen molar-refractivity contribution in [1.29, 1.82) is 0 Å². The van der Waals surface area contributed by atoms with Gasteiger partial charge in [0.2, 0.25) is 0 Å². The fourth-order valence-corrected chi connectivity index (χ4v) is 3.48. The Balaban J connectivity index is 1.96. The summed E-state index contributed by atoms with van der Waals surface area (Å²) in [6, 6.07) is 6.43. The van der Waals surface area contributed by atoms with E-state index in [4.69, 9.17) is 10.2 Å². The molecule has 0 spiro atoms. The van der Waals surface area contributed by atoms with E-state index in [9.17, 15) is 4.79 Å².